The highest BCUT2D eigenvalue weighted by molar-refractivity contribution is 5.93. The van der Waals surface area contributed by atoms with E-state index in [4.69, 9.17) is 4.74 Å². The van der Waals surface area contributed by atoms with Gasteiger partial charge < -0.3 is 15.0 Å². The average Bonchev–Trinajstić information content (AvgIpc) is 3.03. The Morgan fingerprint density at radius 1 is 1.35 bits per heavy atom. The van der Waals surface area contributed by atoms with E-state index in [1.54, 1.807) is 24.5 Å². The lowest BCUT2D eigenvalue weighted by Crippen LogP contribution is -2.66. The molecule has 0 saturated carbocycles. The number of likely N-dealkylation sites (tertiary alicyclic amines) is 1. The standard InChI is InChI=1S/C20H29N3O3/c1-15(2)3-4-18(24)23-13-20(14-23)17(8-12-26-20)7-11-22-19(25)16-5-9-21-10-6-16/h5-6,9-10,15,17H,3-4,7-8,11-14H2,1-2H3,(H,22,25). The van der Waals surface area contributed by atoms with Crippen molar-refractivity contribution in [3.05, 3.63) is 30.1 Å². The summed E-state index contributed by atoms with van der Waals surface area (Å²) in [4.78, 5) is 30.2. The molecule has 26 heavy (non-hydrogen) atoms. The molecule has 2 saturated heterocycles. The third kappa shape index (κ3) is 4.23. The number of amides is 2. The molecule has 6 heteroatoms. The fourth-order valence-corrected chi connectivity index (χ4v) is 3.85. The van der Waals surface area contributed by atoms with Crippen molar-refractivity contribution in [1.29, 1.82) is 0 Å². The van der Waals surface area contributed by atoms with Gasteiger partial charge in [0.15, 0.2) is 0 Å². The number of nitrogens with zero attached hydrogens (tertiary/aromatic N) is 2. The van der Waals surface area contributed by atoms with Crippen molar-refractivity contribution in [3.8, 4) is 0 Å². The highest BCUT2D eigenvalue weighted by atomic mass is 16.5. The highest BCUT2D eigenvalue weighted by Gasteiger charge is 2.53. The lowest BCUT2D eigenvalue weighted by atomic mass is 9.78. The maximum absolute atomic E-state index is 12.2. The zero-order chi connectivity index (χ0) is 18.6. The maximum atomic E-state index is 12.2. The Kier molecular flexibility index (Phi) is 5.91. The quantitative estimate of drug-likeness (QED) is 0.811. The van der Waals surface area contributed by atoms with Crippen molar-refractivity contribution >= 4 is 11.8 Å². The summed E-state index contributed by atoms with van der Waals surface area (Å²) in [7, 11) is 0. The van der Waals surface area contributed by atoms with Gasteiger partial charge in [-0.1, -0.05) is 13.8 Å². The van der Waals surface area contributed by atoms with E-state index in [9.17, 15) is 9.59 Å². The molecule has 1 N–H and O–H groups in total. The lowest BCUT2D eigenvalue weighted by Gasteiger charge is -2.50. The van der Waals surface area contributed by atoms with Crippen molar-refractivity contribution in [2.75, 3.05) is 26.2 Å². The molecule has 142 valence electrons. The zero-order valence-electron chi connectivity index (χ0n) is 15.7. The molecule has 2 fully saturated rings. The van der Waals surface area contributed by atoms with Gasteiger partial charge in [0.2, 0.25) is 5.91 Å². The summed E-state index contributed by atoms with van der Waals surface area (Å²) in [5.41, 5.74) is 0.442. The van der Waals surface area contributed by atoms with Crippen LogP contribution in [0.1, 0.15) is 49.9 Å². The Hall–Kier alpha value is -1.95. The Bertz CT molecular complexity index is 626. The second kappa shape index (κ2) is 8.16. The minimum absolute atomic E-state index is 0.0699. The van der Waals surface area contributed by atoms with Crippen LogP contribution in [0.2, 0.25) is 0 Å². The SMILES string of the molecule is CC(C)CCC(=O)N1CC2(C1)OCCC2CCNC(=O)c1ccncc1. The number of ether oxygens (including phenoxy) is 1. The fraction of sp³-hybridized carbons (Fsp3) is 0.650. The van der Waals surface area contributed by atoms with Crippen molar-refractivity contribution in [1.82, 2.24) is 15.2 Å². The highest BCUT2D eigenvalue weighted by Crippen LogP contribution is 2.41. The van der Waals surface area contributed by atoms with Gasteiger partial charge in [-0.3, -0.25) is 14.6 Å². The molecule has 2 aliphatic heterocycles. The molecule has 0 bridgehead atoms. The Labute approximate surface area is 155 Å². The normalized spacial score (nSPS) is 21.0. The Morgan fingerprint density at radius 2 is 2.08 bits per heavy atom. The summed E-state index contributed by atoms with van der Waals surface area (Å²) in [6, 6.07) is 3.42. The first-order chi connectivity index (χ1) is 12.5. The number of pyridine rings is 1. The average molecular weight is 359 g/mol. The second-order valence-corrected chi connectivity index (χ2v) is 7.86. The zero-order valence-corrected chi connectivity index (χ0v) is 15.7. The van der Waals surface area contributed by atoms with Crippen LogP contribution in [0.5, 0.6) is 0 Å². The summed E-state index contributed by atoms with van der Waals surface area (Å²) in [6.45, 7) is 7.05. The van der Waals surface area contributed by atoms with Crippen LogP contribution in [-0.2, 0) is 9.53 Å². The summed E-state index contributed by atoms with van der Waals surface area (Å²) in [6.07, 6.45) is 6.68. The van der Waals surface area contributed by atoms with Crippen LogP contribution in [0.3, 0.4) is 0 Å². The van der Waals surface area contributed by atoms with Crippen LogP contribution in [-0.4, -0.2) is 53.5 Å². The lowest BCUT2D eigenvalue weighted by molar-refractivity contribution is -0.165. The van der Waals surface area contributed by atoms with E-state index < -0.39 is 0 Å². The largest absolute Gasteiger partial charge is 0.371 e. The van der Waals surface area contributed by atoms with Gasteiger partial charge in [0.1, 0.15) is 5.60 Å². The molecule has 1 aromatic heterocycles. The molecular weight excluding hydrogens is 330 g/mol. The summed E-state index contributed by atoms with van der Waals surface area (Å²) >= 11 is 0. The predicted octanol–water partition coefficient (Wildman–Crippen LogP) is 2.26. The van der Waals surface area contributed by atoms with Crippen LogP contribution in [0.25, 0.3) is 0 Å². The summed E-state index contributed by atoms with van der Waals surface area (Å²) < 4.78 is 6.02. The number of aromatic nitrogens is 1. The number of carbonyl (C=O) groups excluding carboxylic acids is 2. The second-order valence-electron chi connectivity index (χ2n) is 7.86. The van der Waals surface area contributed by atoms with Gasteiger partial charge in [-0.15, -0.1) is 0 Å². The molecule has 3 rings (SSSR count). The molecule has 0 aliphatic carbocycles. The van der Waals surface area contributed by atoms with E-state index in [1.807, 2.05) is 4.90 Å². The first kappa shape index (κ1) is 18.8. The molecule has 1 aromatic rings. The predicted molar refractivity (Wildman–Crippen MR) is 98.6 cm³/mol. The first-order valence-electron chi connectivity index (χ1n) is 9.60. The minimum atomic E-state index is -0.186. The Balaban J connectivity index is 1.43. The van der Waals surface area contributed by atoms with Crippen molar-refractivity contribution in [2.45, 2.75) is 45.1 Å². The monoisotopic (exact) mass is 359 g/mol. The smallest absolute Gasteiger partial charge is 0.251 e. The molecule has 1 unspecified atom stereocenters. The van der Waals surface area contributed by atoms with E-state index >= 15 is 0 Å². The van der Waals surface area contributed by atoms with E-state index in [1.165, 1.54) is 0 Å². The number of hydrogen-bond acceptors (Lipinski definition) is 4. The summed E-state index contributed by atoms with van der Waals surface area (Å²) in [5, 5.41) is 2.98. The van der Waals surface area contributed by atoms with Crippen molar-refractivity contribution in [2.24, 2.45) is 11.8 Å². The molecular formula is C20H29N3O3. The van der Waals surface area contributed by atoms with E-state index in [-0.39, 0.29) is 17.4 Å². The number of hydrogen-bond donors (Lipinski definition) is 1. The van der Waals surface area contributed by atoms with Gasteiger partial charge in [0.25, 0.3) is 5.91 Å². The molecule has 1 atom stereocenters. The van der Waals surface area contributed by atoms with Gasteiger partial charge >= 0.3 is 0 Å². The fourth-order valence-electron chi connectivity index (χ4n) is 3.85. The van der Waals surface area contributed by atoms with Gasteiger partial charge in [0.05, 0.1) is 13.1 Å². The van der Waals surface area contributed by atoms with Crippen LogP contribution < -0.4 is 5.32 Å². The molecule has 1 spiro atoms. The minimum Gasteiger partial charge on any atom is -0.371 e. The van der Waals surface area contributed by atoms with E-state index in [2.05, 4.69) is 24.1 Å². The third-order valence-corrected chi connectivity index (χ3v) is 5.53. The van der Waals surface area contributed by atoms with Gasteiger partial charge in [-0.2, -0.15) is 0 Å². The van der Waals surface area contributed by atoms with Crippen molar-refractivity contribution in [3.63, 3.8) is 0 Å². The Morgan fingerprint density at radius 3 is 2.77 bits per heavy atom. The topological polar surface area (TPSA) is 71.5 Å². The number of carbonyl (C=O) groups is 2. The van der Waals surface area contributed by atoms with E-state index in [0.717, 1.165) is 25.9 Å². The van der Waals surface area contributed by atoms with Gasteiger partial charge in [0, 0.05) is 37.5 Å². The van der Waals surface area contributed by atoms with E-state index in [0.29, 0.717) is 43.5 Å². The first-order valence-corrected chi connectivity index (χ1v) is 9.60. The van der Waals surface area contributed by atoms with Crippen LogP contribution >= 0.6 is 0 Å². The van der Waals surface area contributed by atoms with Crippen LogP contribution in [0.15, 0.2) is 24.5 Å². The molecule has 0 aromatic carbocycles. The van der Waals surface area contributed by atoms with Crippen LogP contribution in [0.4, 0.5) is 0 Å². The molecule has 2 amide bonds. The van der Waals surface area contributed by atoms with Crippen LogP contribution in [0, 0.1) is 11.8 Å². The number of nitrogens with one attached hydrogen (secondary N) is 1. The summed E-state index contributed by atoms with van der Waals surface area (Å²) in [5.74, 6) is 1.12. The molecule has 6 nitrogen and oxygen atoms in total. The molecule has 0 radical (unpaired) electrons. The van der Waals surface area contributed by atoms with Crippen molar-refractivity contribution < 1.29 is 14.3 Å². The van der Waals surface area contributed by atoms with Gasteiger partial charge in [-0.25, -0.2) is 0 Å². The van der Waals surface area contributed by atoms with Gasteiger partial charge in [-0.05, 0) is 43.2 Å². The number of rotatable bonds is 7. The maximum Gasteiger partial charge on any atom is 0.251 e. The molecule has 3 heterocycles. The molecule has 2 aliphatic rings. The third-order valence-electron chi connectivity index (χ3n) is 5.53.